The molecule has 3 unspecified atom stereocenters. The second-order valence-electron chi connectivity index (χ2n) is 20.0. The van der Waals surface area contributed by atoms with Crippen molar-refractivity contribution in [2.24, 2.45) is 0 Å². The zero-order valence-corrected chi connectivity index (χ0v) is 45.7. The summed E-state index contributed by atoms with van der Waals surface area (Å²) >= 11 is 0. The van der Waals surface area contributed by atoms with Crippen LogP contribution in [0.25, 0.3) is 0 Å². The molecule has 0 heterocycles. The molecule has 0 fully saturated rings. The summed E-state index contributed by atoms with van der Waals surface area (Å²) in [5.41, 5.74) is 0. The highest BCUT2D eigenvalue weighted by Crippen LogP contribution is 2.17. The van der Waals surface area contributed by atoms with Crippen molar-refractivity contribution in [3.8, 4) is 0 Å². The highest BCUT2D eigenvalue weighted by atomic mass is 16.5. The first-order valence-corrected chi connectivity index (χ1v) is 29.7. The number of aliphatic hydroxyl groups is 2. The Bertz CT molecular complexity index is 1270. The number of aliphatic hydroxyl groups excluding tert-OH is 2. The van der Waals surface area contributed by atoms with Crippen LogP contribution in [0.3, 0.4) is 0 Å². The molecule has 400 valence electrons. The van der Waals surface area contributed by atoms with Crippen LogP contribution >= 0.6 is 0 Å². The van der Waals surface area contributed by atoms with E-state index in [1.165, 1.54) is 173 Å². The van der Waals surface area contributed by atoms with Crippen LogP contribution in [-0.4, -0.2) is 46.9 Å². The Morgan fingerprint density at radius 3 is 1.10 bits per heavy atom. The van der Waals surface area contributed by atoms with Crippen LogP contribution < -0.4 is 5.32 Å². The van der Waals surface area contributed by atoms with Gasteiger partial charge in [0.15, 0.2) is 0 Å². The van der Waals surface area contributed by atoms with Crippen molar-refractivity contribution in [1.29, 1.82) is 0 Å². The monoisotopic (exact) mass is 964 g/mol. The highest BCUT2D eigenvalue weighted by Gasteiger charge is 2.23. The Hall–Kier alpha value is -2.70. The van der Waals surface area contributed by atoms with Crippen LogP contribution in [0.2, 0.25) is 0 Å². The molecule has 3 atom stereocenters. The molecular weight excluding hydrogens is 851 g/mol. The van der Waals surface area contributed by atoms with E-state index >= 15 is 0 Å². The Morgan fingerprint density at radius 2 is 0.754 bits per heavy atom. The van der Waals surface area contributed by atoms with Gasteiger partial charge in [-0.2, -0.15) is 0 Å². The molecule has 1 amide bonds. The molecule has 0 aliphatic heterocycles. The van der Waals surface area contributed by atoms with Crippen molar-refractivity contribution in [2.75, 3.05) is 6.61 Å². The summed E-state index contributed by atoms with van der Waals surface area (Å²) in [4.78, 5) is 26.2. The molecule has 6 nitrogen and oxygen atoms in total. The van der Waals surface area contributed by atoms with Crippen LogP contribution in [0.5, 0.6) is 0 Å². The van der Waals surface area contributed by atoms with Gasteiger partial charge >= 0.3 is 5.97 Å². The number of carbonyl (C=O) groups excluding carboxylic acids is 2. The lowest BCUT2D eigenvalue weighted by atomic mass is 10.0. The molecule has 0 spiro atoms. The van der Waals surface area contributed by atoms with Gasteiger partial charge in [0, 0.05) is 6.42 Å². The van der Waals surface area contributed by atoms with Crippen LogP contribution in [0.15, 0.2) is 72.9 Å². The van der Waals surface area contributed by atoms with E-state index in [4.69, 9.17) is 4.74 Å². The minimum atomic E-state index is -0.822. The number of ether oxygens (including phenoxy) is 1. The summed E-state index contributed by atoms with van der Waals surface area (Å²) < 4.78 is 5.86. The molecule has 0 saturated carbocycles. The van der Waals surface area contributed by atoms with E-state index in [0.717, 1.165) is 70.6 Å². The normalized spacial score (nSPS) is 13.6. The number of carbonyl (C=O) groups is 2. The lowest BCUT2D eigenvalue weighted by Gasteiger charge is -2.23. The van der Waals surface area contributed by atoms with Crippen molar-refractivity contribution >= 4 is 11.9 Å². The molecular formula is C63H113NO5. The summed E-state index contributed by atoms with van der Waals surface area (Å²) in [5.74, 6) is -0.620. The third kappa shape index (κ3) is 51.5. The van der Waals surface area contributed by atoms with Gasteiger partial charge in [0.05, 0.1) is 25.2 Å². The smallest absolute Gasteiger partial charge is 0.306 e. The van der Waals surface area contributed by atoms with Gasteiger partial charge in [-0.3, -0.25) is 9.59 Å². The maximum atomic E-state index is 13.3. The Morgan fingerprint density at radius 1 is 0.435 bits per heavy atom. The van der Waals surface area contributed by atoms with Gasteiger partial charge in [0.25, 0.3) is 0 Å². The minimum absolute atomic E-state index is 0.0464. The molecule has 0 aromatic rings. The maximum absolute atomic E-state index is 13.3. The fourth-order valence-electron chi connectivity index (χ4n) is 8.84. The summed E-state index contributed by atoms with van der Waals surface area (Å²) in [6, 6.07) is -0.745. The first-order chi connectivity index (χ1) is 34.0. The molecule has 0 bridgehead atoms. The van der Waals surface area contributed by atoms with E-state index in [9.17, 15) is 19.8 Å². The molecule has 0 saturated heterocycles. The zero-order valence-electron chi connectivity index (χ0n) is 45.7. The number of hydrogen-bond acceptors (Lipinski definition) is 5. The van der Waals surface area contributed by atoms with Gasteiger partial charge in [-0.25, -0.2) is 0 Å². The third-order valence-electron chi connectivity index (χ3n) is 13.3. The molecule has 69 heavy (non-hydrogen) atoms. The number of allylic oxidation sites excluding steroid dienone is 11. The van der Waals surface area contributed by atoms with Crippen LogP contribution in [0.4, 0.5) is 0 Å². The largest absolute Gasteiger partial charge is 0.458 e. The lowest BCUT2D eigenvalue weighted by Crippen LogP contribution is -2.46. The molecule has 0 aliphatic rings. The molecule has 6 heteroatoms. The molecule has 0 radical (unpaired) electrons. The summed E-state index contributed by atoms with van der Waals surface area (Å²) in [6.45, 7) is 6.37. The fraction of sp³-hybridized carbons (Fsp3) is 0.778. The van der Waals surface area contributed by atoms with Crippen molar-refractivity contribution in [2.45, 2.75) is 309 Å². The van der Waals surface area contributed by atoms with Crippen molar-refractivity contribution < 1.29 is 24.5 Å². The quantitative estimate of drug-likeness (QED) is 0.0321. The number of hydrogen-bond donors (Lipinski definition) is 3. The SMILES string of the molecule is CC/C=C\C/C=C\C/C=C\C/C=C\C/C=C\C/C=C\C(CC(=O)NC(CO)C(O)CCCCCCCCCCCCCCCCCCC)OC(=O)CCCCCCCCCCCCCCCCCC. The van der Waals surface area contributed by atoms with E-state index in [0.29, 0.717) is 19.3 Å². The molecule has 0 aliphatic carbocycles. The molecule has 0 aromatic heterocycles. The fourth-order valence-corrected chi connectivity index (χ4v) is 8.84. The Labute approximate surface area is 428 Å². The van der Waals surface area contributed by atoms with E-state index in [-0.39, 0.29) is 24.9 Å². The second kappa shape index (κ2) is 56.2. The van der Waals surface area contributed by atoms with E-state index in [1.807, 2.05) is 12.2 Å². The van der Waals surface area contributed by atoms with Crippen molar-refractivity contribution in [1.82, 2.24) is 5.32 Å². The number of unbranched alkanes of at least 4 members (excludes halogenated alkanes) is 31. The van der Waals surface area contributed by atoms with E-state index in [2.05, 4.69) is 86.8 Å². The first-order valence-electron chi connectivity index (χ1n) is 29.7. The average Bonchev–Trinajstić information content (AvgIpc) is 3.34. The molecule has 3 N–H and O–H groups in total. The van der Waals surface area contributed by atoms with Crippen LogP contribution in [0.1, 0.15) is 290 Å². The Kier molecular flexibility index (Phi) is 54.0. The van der Waals surface area contributed by atoms with Crippen molar-refractivity contribution in [3.63, 3.8) is 0 Å². The maximum Gasteiger partial charge on any atom is 0.306 e. The van der Waals surface area contributed by atoms with Gasteiger partial charge in [0.2, 0.25) is 5.91 Å². The number of rotatable bonds is 53. The topological polar surface area (TPSA) is 95.9 Å². The highest BCUT2D eigenvalue weighted by molar-refractivity contribution is 5.78. The molecule has 0 aromatic carbocycles. The number of nitrogens with one attached hydrogen (secondary N) is 1. The van der Waals surface area contributed by atoms with Gasteiger partial charge < -0.3 is 20.3 Å². The summed E-state index contributed by atoms with van der Waals surface area (Å²) in [6.07, 6.45) is 72.9. The van der Waals surface area contributed by atoms with Crippen LogP contribution in [-0.2, 0) is 14.3 Å². The minimum Gasteiger partial charge on any atom is -0.458 e. The van der Waals surface area contributed by atoms with Crippen molar-refractivity contribution in [3.05, 3.63) is 72.9 Å². The van der Waals surface area contributed by atoms with E-state index < -0.39 is 18.2 Å². The molecule has 0 rings (SSSR count). The van der Waals surface area contributed by atoms with Gasteiger partial charge in [-0.15, -0.1) is 0 Å². The van der Waals surface area contributed by atoms with Crippen LogP contribution in [0, 0.1) is 0 Å². The lowest BCUT2D eigenvalue weighted by molar-refractivity contribution is -0.148. The van der Waals surface area contributed by atoms with Gasteiger partial charge in [0.1, 0.15) is 6.10 Å². The van der Waals surface area contributed by atoms with Gasteiger partial charge in [-0.05, 0) is 57.4 Å². The first kappa shape index (κ1) is 66.3. The van der Waals surface area contributed by atoms with Gasteiger partial charge in [-0.1, -0.05) is 293 Å². The predicted octanol–water partition coefficient (Wildman–Crippen LogP) is 18.5. The third-order valence-corrected chi connectivity index (χ3v) is 13.3. The zero-order chi connectivity index (χ0) is 50.2. The number of amides is 1. The number of esters is 1. The second-order valence-corrected chi connectivity index (χ2v) is 20.0. The van der Waals surface area contributed by atoms with E-state index in [1.54, 1.807) is 0 Å². The average molecular weight is 965 g/mol. The standard InChI is InChI=1S/C63H113NO5/c1-4-7-10-13-16-19-22-25-28-31-33-36-39-42-45-48-51-54-59(69-63(68)56-53-50-47-44-41-38-35-30-27-24-21-18-15-12-9-6-3)57-62(67)64-60(58-65)61(66)55-52-49-46-43-40-37-34-32-29-26-23-20-17-14-11-8-5-2/h7,10,16,19,25,28,33,36,42,45,51,54,59-61,65-66H,4-6,8-9,11-15,17-18,20-24,26-27,29-32,34-35,37-41,43-44,46-50,52-53,55-58H2,1-3H3,(H,64,67)/b10-7-,19-16-,28-25-,36-33-,45-42-,54-51-. The summed E-state index contributed by atoms with van der Waals surface area (Å²) in [5, 5.41) is 23.9. The summed E-state index contributed by atoms with van der Waals surface area (Å²) in [7, 11) is 0. The Balaban J connectivity index is 4.68. The predicted molar refractivity (Wildman–Crippen MR) is 301 cm³/mol.